The summed E-state index contributed by atoms with van der Waals surface area (Å²) in [5.74, 6) is -0.588. The molecule has 2 atom stereocenters. The second-order valence-corrected chi connectivity index (χ2v) is 4.84. The number of benzene rings is 1. The minimum Gasteiger partial charge on any atom is -0.508 e. The Morgan fingerprint density at radius 2 is 2.19 bits per heavy atom. The lowest BCUT2D eigenvalue weighted by molar-refractivity contribution is -0.139. The van der Waals surface area contributed by atoms with Gasteiger partial charge in [-0.25, -0.2) is 0 Å². The second-order valence-electron chi connectivity index (χ2n) is 4.84. The molecule has 2 rings (SSSR count). The van der Waals surface area contributed by atoms with Gasteiger partial charge in [-0.15, -0.1) is 0 Å². The first kappa shape index (κ1) is 11.0. The SMILES string of the molecule is CC(C)C1(c2cccc(O)c2)C[C@H]1C(=O)O. The van der Waals surface area contributed by atoms with Crippen LogP contribution in [0.2, 0.25) is 0 Å². The molecule has 2 N–H and O–H groups in total. The minimum atomic E-state index is -0.739. The highest BCUT2D eigenvalue weighted by Gasteiger charge is 2.61. The number of carboxylic acids is 1. The lowest BCUT2D eigenvalue weighted by Gasteiger charge is -2.21. The highest BCUT2D eigenvalue weighted by molar-refractivity contribution is 5.77. The van der Waals surface area contributed by atoms with Gasteiger partial charge in [-0.1, -0.05) is 26.0 Å². The molecule has 86 valence electrons. The van der Waals surface area contributed by atoms with Crippen LogP contribution in [0, 0.1) is 11.8 Å². The summed E-state index contributed by atoms with van der Waals surface area (Å²) in [5.41, 5.74) is 0.653. The van der Waals surface area contributed by atoms with Gasteiger partial charge in [-0.3, -0.25) is 4.79 Å². The standard InChI is InChI=1S/C13H16O3/c1-8(2)13(7-11(13)12(15)16)9-4-3-5-10(14)6-9/h3-6,8,11,14H,7H2,1-2H3,(H,15,16)/t11-,13?/m0/s1. The molecule has 1 unspecified atom stereocenters. The summed E-state index contributed by atoms with van der Waals surface area (Å²) < 4.78 is 0. The van der Waals surface area contributed by atoms with Crippen molar-refractivity contribution in [2.24, 2.45) is 11.8 Å². The van der Waals surface area contributed by atoms with Crippen molar-refractivity contribution >= 4 is 5.97 Å². The Kier molecular flexibility index (Phi) is 2.41. The lowest BCUT2D eigenvalue weighted by atomic mass is 9.82. The Balaban J connectivity index is 2.40. The predicted molar refractivity (Wildman–Crippen MR) is 60.4 cm³/mol. The molecule has 0 saturated heterocycles. The maximum atomic E-state index is 11.1. The summed E-state index contributed by atoms with van der Waals surface area (Å²) in [6, 6.07) is 6.97. The van der Waals surface area contributed by atoms with E-state index in [0.717, 1.165) is 5.56 Å². The maximum Gasteiger partial charge on any atom is 0.307 e. The van der Waals surface area contributed by atoms with Gasteiger partial charge < -0.3 is 10.2 Å². The number of phenolic OH excluding ortho intramolecular Hbond substituents is 1. The summed E-state index contributed by atoms with van der Waals surface area (Å²) in [6.07, 6.45) is 0.670. The number of hydrogen-bond donors (Lipinski definition) is 2. The number of hydrogen-bond acceptors (Lipinski definition) is 2. The van der Waals surface area contributed by atoms with Gasteiger partial charge in [0.1, 0.15) is 5.75 Å². The van der Waals surface area contributed by atoms with Crippen LogP contribution < -0.4 is 0 Å². The van der Waals surface area contributed by atoms with Crippen LogP contribution in [0.15, 0.2) is 24.3 Å². The van der Waals surface area contributed by atoms with Crippen LogP contribution in [0.5, 0.6) is 5.75 Å². The van der Waals surface area contributed by atoms with Crippen LogP contribution in [0.25, 0.3) is 0 Å². The van der Waals surface area contributed by atoms with Crippen molar-refractivity contribution < 1.29 is 15.0 Å². The van der Waals surface area contributed by atoms with E-state index in [4.69, 9.17) is 5.11 Å². The van der Waals surface area contributed by atoms with E-state index in [-0.39, 0.29) is 23.0 Å². The molecule has 3 heteroatoms. The van der Waals surface area contributed by atoms with Gasteiger partial charge in [0.25, 0.3) is 0 Å². The van der Waals surface area contributed by atoms with Crippen molar-refractivity contribution in [1.82, 2.24) is 0 Å². The molecule has 1 aliphatic rings. The average molecular weight is 220 g/mol. The quantitative estimate of drug-likeness (QED) is 0.822. The molecule has 0 aliphatic heterocycles. The Labute approximate surface area is 94.7 Å². The van der Waals surface area contributed by atoms with E-state index < -0.39 is 5.97 Å². The largest absolute Gasteiger partial charge is 0.508 e. The zero-order chi connectivity index (χ0) is 11.9. The highest BCUT2D eigenvalue weighted by atomic mass is 16.4. The van der Waals surface area contributed by atoms with E-state index in [2.05, 4.69) is 0 Å². The van der Waals surface area contributed by atoms with Gasteiger partial charge in [0.2, 0.25) is 0 Å². The maximum absolute atomic E-state index is 11.1. The van der Waals surface area contributed by atoms with Crippen molar-refractivity contribution in [2.45, 2.75) is 25.7 Å². The third-order valence-corrected chi connectivity index (χ3v) is 3.72. The molecular formula is C13H16O3. The molecule has 0 aromatic heterocycles. The van der Waals surface area contributed by atoms with Gasteiger partial charge in [-0.2, -0.15) is 0 Å². The summed E-state index contributed by atoms with van der Waals surface area (Å²) in [6.45, 7) is 4.07. The summed E-state index contributed by atoms with van der Waals surface area (Å²) in [4.78, 5) is 11.1. The molecule has 1 aromatic carbocycles. The Hall–Kier alpha value is -1.51. The normalized spacial score (nSPS) is 28.1. The van der Waals surface area contributed by atoms with Crippen molar-refractivity contribution in [3.05, 3.63) is 29.8 Å². The minimum absolute atomic E-state index is 0.202. The number of carbonyl (C=O) groups is 1. The van der Waals surface area contributed by atoms with Crippen LogP contribution in [-0.4, -0.2) is 16.2 Å². The zero-order valence-corrected chi connectivity index (χ0v) is 9.47. The monoisotopic (exact) mass is 220 g/mol. The van der Waals surface area contributed by atoms with Crippen molar-refractivity contribution in [3.8, 4) is 5.75 Å². The average Bonchev–Trinajstić information content (AvgIpc) is 2.93. The molecule has 1 fully saturated rings. The van der Waals surface area contributed by atoms with Crippen LogP contribution in [-0.2, 0) is 10.2 Å². The van der Waals surface area contributed by atoms with E-state index in [1.807, 2.05) is 19.9 Å². The van der Waals surface area contributed by atoms with E-state index in [1.54, 1.807) is 18.2 Å². The van der Waals surface area contributed by atoms with E-state index in [9.17, 15) is 9.90 Å². The van der Waals surface area contributed by atoms with Crippen molar-refractivity contribution in [3.63, 3.8) is 0 Å². The smallest absolute Gasteiger partial charge is 0.307 e. The molecule has 3 nitrogen and oxygen atoms in total. The first-order chi connectivity index (χ1) is 7.48. The molecular weight excluding hydrogens is 204 g/mol. The lowest BCUT2D eigenvalue weighted by Crippen LogP contribution is -2.21. The molecule has 1 aromatic rings. The highest BCUT2D eigenvalue weighted by Crippen LogP contribution is 2.59. The predicted octanol–water partition coefficient (Wildman–Crippen LogP) is 2.39. The van der Waals surface area contributed by atoms with Crippen molar-refractivity contribution in [1.29, 1.82) is 0 Å². The second kappa shape index (κ2) is 3.51. The zero-order valence-electron chi connectivity index (χ0n) is 9.47. The van der Waals surface area contributed by atoms with Gasteiger partial charge >= 0.3 is 5.97 Å². The molecule has 0 bridgehead atoms. The number of aromatic hydroxyl groups is 1. The molecule has 0 amide bonds. The fraction of sp³-hybridized carbons (Fsp3) is 0.462. The van der Waals surface area contributed by atoms with Crippen LogP contribution in [0.4, 0.5) is 0 Å². The first-order valence-corrected chi connectivity index (χ1v) is 5.51. The third kappa shape index (κ3) is 1.47. The van der Waals surface area contributed by atoms with Crippen molar-refractivity contribution in [2.75, 3.05) is 0 Å². The Bertz CT molecular complexity index is 425. The van der Waals surface area contributed by atoms with E-state index >= 15 is 0 Å². The number of phenols is 1. The van der Waals surface area contributed by atoms with Crippen LogP contribution >= 0.6 is 0 Å². The fourth-order valence-corrected chi connectivity index (χ4v) is 2.67. The fourth-order valence-electron chi connectivity index (χ4n) is 2.67. The van der Waals surface area contributed by atoms with Gasteiger partial charge in [0, 0.05) is 5.41 Å². The third-order valence-electron chi connectivity index (χ3n) is 3.72. The number of carboxylic acid groups (broad SMARTS) is 1. The van der Waals surface area contributed by atoms with E-state index in [1.165, 1.54) is 0 Å². The topological polar surface area (TPSA) is 57.5 Å². The van der Waals surface area contributed by atoms with Gasteiger partial charge in [-0.05, 0) is 30.0 Å². The van der Waals surface area contributed by atoms with Gasteiger partial charge in [0.15, 0.2) is 0 Å². The number of aliphatic carboxylic acids is 1. The molecule has 0 heterocycles. The molecule has 0 spiro atoms. The molecule has 0 radical (unpaired) electrons. The van der Waals surface area contributed by atoms with E-state index in [0.29, 0.717) is 6.42 Å². The Morgan fingerprint density at radius 1 is 1.50 bits per heavy atom. The summed E-state index contributed by atoms with van der Waals surface area (Å²) in [7, 11) is 0. The van der Waals surface area contributed by atoms with Gasteiger partial charge in [0.05, 0.1) is 5.92 Å². The molecule has 1 saturated carbocycles. The van der Waals surface area contributed by atoms with Crippen LogP contribution in [0.3, 0.4) is 0 Å². The molecule has 16 heavy (non-hydrogen) atoms. The molecule has 1 aliphatic carbocycles. The summed E-state index contributed by atoms with van der Waals surface area (Å²) >= 11 is 0. The summed E-state index contributed by atoms with van der Waals surface area (Å²) in [5, 5.41) is 18.6. The van der Waals surface area contributed by atoms with Crippen LogP contribution in [0.1, 0.15) is 25.8 Å². The number of rotatable bonds is 3. The Morgan fingerprint density at radius 3 is 2.62 bits per heavy atom. The first-order valence-electron chi connectivity index (χ1n) is 5.51.